The second-order valence-corrected chi connectivity index (χ2v) is 6.94. The molecule has 0 unspecified atom stereocenters. The molecule has 3 aliphatic carbocycles. The van der Waals surface area contributed by atoms with Gasteiger partial charge < -0.3 is 14.9 Å². The fourth-order valence-corrected chi connectivity index (χ4v) is 5.24. The summed E-state index contributed by atoms with van der Waals surface area (Å²) in [5.41, 5.74) is -1.54. The number of ether oxygens (including phenoxy) is 1. The summed E-state index contributed by atoms with van der Waals surface area (Å²) in [6.07, 6.45) is 7.73. The van der Waals surface area contributed by atoms with Crippen LogP contribution in [-0.2, 0) is 9.53 Å². The van der Waals surface area contributed by atoms with E-state index in [1.807, 2.05) is 0 Å². The van der Waals surface area contributed by atoms with E-state index in [9.17, 15) is 15.0 Å². The third-order valence-corrected chi connectivity index (χ3v) is 5.94. The first-order valence-electron chi connectivity index (χ1n) is 8.12. The molecule has 5 atom stereocenters. The Morgan fingerprint density at radius 2 is 1.65 bits per heavy atom. The Bertz CT molecular complexity index is 382. The molecule has 114 valence electrons. The zero-order chi connectivity index (χ0) is 14.4. The van der Waals surface area contributed by atoms with Crippen LogP contribution in [0, 0.1) is 11.8 Å². The largest absolute Gasteiger partial charge is 0.458 e. The van der Waals surface area contributed by atoms with Crippen LogP contribution >= 0.6 is 0 Å². The van der Waals surface area contributed by atoms with Gasteiger partial charge in [-0.1, -0.05) is 25.7 Å². The fourth-order valence-electron chi connectivity index (χ4n) is 5.24. The number of hydrogen-bond acceptors (Lipinski definition) is 4. The van der Waals surface area contributed by atoms with Crippen molar-refractivity contribution in [3.63, 3.8) is 0 Å². The number of carbonyl (C=O) groups is 1. The average Bonchev–Trinajstić information content (AvgIpc) is 2.64. The molecule has 0 aromatic heterocycles. The number of carbonyl (C=O) groups excluding carboxylic acids is 1. The van der Waals surface area contributed by atoms with Gasteiger partial charge in [0, 0.05) is 18.8 Å². The molecule has 3 saturated carbocycles. The standard InChI is InChI=1S/C16H26O4/c1-11(17)20-15-10-6-2-3-7-12(15)16(19)13(15)8-4-5-9-14(16)18/h12-14,18-19H,2-10H2,1H3/t12-,13+,14-,15-,16-/m0/s1. The van der Waals surface area contributed by atoms with Crippen LogP contribution in [0.2, 0.25) is 0 Å². The van der Waals surface area contributed by atoms with Crippen molar-refractivity contribution < 1.29 is 19.7 Å². The summed E-state index contributed by atoms with van der Waals surface area (Å²) in [5, 5.41) is 21.6. The van der Waals surface area contributed by atoms with Crippen molar-refractivity contribution in [1.29, 1.82) is 0 Å². The normalized spacial score (nSPS) is 48.0. The lowest BCUT2D eigenvalue weighted by atomic mass is 9.46. The predicted octanol–water partition coefficient (Wildman–Crippen LogP) is 2.16. The van der Waals surface area contributed by atoms with Crippen molar-refractivity contribution in [1.82, 2.24) is 0 Å². The number of aliphatic hydroxyl groups excluding tert-OH is 1. The molecule has 0 saturated heterocycles. The van der Waals surface area contributed by atoms with E-state index in [1.165, 1.54) is 6.92 Å². The molecule has 4 nitrogen and oxygen atoms in total. The van der Waals surface area contributed by atoms with Gasteiger partial charge in [-0.3, -0.25) is 4.79 Å². The minimum absolute atomic E-state index is 0.0838. The third-order valence-electron chi connectivity index (χ3n) is 5.94. The van der Waals surface area contributed by atoms with E-state index in [0.29, 0.717) is 6.42 Å². The van der Waals surface area contributed by atoms with Gasteiger partial charge in [0.2, 0.25) is 0 Å². The smallest absolute Gasteiger partial charge is 0.303 e. The van der Waals surface area contributed by atoms with Gasteiger partial charge in [0.1, 0.15) is 11.2 Å². The lowest BCUT2D eigenvalue weighted by Crippen LogP contribution is -2.78. The summed E-state index contributed by atoms with van der Waals surface area (Å²) in [5.74, 6) is -0.420. The van der Waals surface area contributed by atoms with Gasteiger partial charge in [0.25, 0.3) is 0 Å². The van der Waals surface area contributed by atoms with E-state index in [0.717, 1.165) is 51.4 Å². The molecule has 0 heterocycles. The predicted molar refractivity (Wildman–Crippen MR) is 74.0 cm³/mol. The summed E-state index contributed by atoms with van der Waals surface area (Å²) in [7, 11) is 0. The van der Waals surface area contributed by atoms with E-state index in [2.05, 4.69) is 0 Å². The zero-order valence-electron chi connectivity index (χ0n) is 12.3. The van der Waals surface area contributed by atoms with Crippen molar-refractivity contribution in [2.24, 2.45) is 11.8 Å². The van der Waals surface area contributed by atoms with E-state index in [4.69, 9.17) is 4.74 Å². The molecule has 20 heavy (non-hydrogen) atoms. The number of aliphatic hydroxyl groups is 2. The lowest BCUT2D eigenvalue weighted by molar-refractivity contribution is -0.324. The Labute approximate surface area is 120 Å². The number of esters is 1. The maximum atomic E-state index is 11.6. The summed E-state index contributed by atoms with van der Waals surface area (Å²) >= 11 is 0. The van der Waals surface area contributed by atoms with Crippen LogP contribution in [-0.4, -0.2) is 33.5 Å². The quantitative estimate of drug-likeness (QED) is 0.723. The van der Waals surface area contributed by atoms with Gasteiger partial charge in [-0.05, 0) is 32.1 Å². The van der Waals surface area contributed by atoms with Crippen molar-refractivity contribution in [2.75, 3.05) is 0 Å². The first-order valence-corrected chi connectivity index (χ1v) is 8.12. The van der Waals surface area contributed by atoms with Gasteiger partial charge in [-0.25, -0.2) is 0 Å². The molecular weight excluding hydrogens is 256 g/mol. The Kier molecular flexibility index (Phi) is 3.57. The Morgan fingerprint density at radius 3 is 2.30 bits per heavy atom. The maximum Gasteiger partial charge on any atom is 0.303 e. The van der Waals surface area contributed by atoms with Gasteiger partial charge in [0.05, 0.1) is 6.10 Å². The van der Waals surface area contributed by atoms with Gasteiger partial charge in [0.15, 0.2) is 0 Å². The molecule has 2 N–H and O–H groups in total. The van der Waals surface area contributed by atoms with Gasteiger partial charge in [-0.2, -0.15) is 0 Å². The molecule has 4 heteroatoms. The van der Waals surface area contributed by atoms with Crippen molar-refractivity contribution >= 4 is 5.97 Å². The number of fused-ring (bicyclic) bond motifs is 4. The van der Waals surface area contributed by atoms with E-state index in [-0.39, 0.29) is 17.8 Å². The van der Waals surface area contributed by atoms with E-state index >= 15 is 0 Å². The third kappa shape index (κ3) is 1.84. The molecule has 0 aromatic carbocycles. The first kappa shape index (κ1) is 14.3. The topological polar surface area (TPSA) is 66.8 Å². The summed E-state index contributed by atoms with van der Waals surface area (Å²) < 4.78 is 5.79. The van der Waals surface area contributed by atoms with Gasteiger partial charge >= 0.3 is 5.97 Å². The lowest BCUT2D eigenvalue weighted by Gasteiger charge is -2.65. The van der Waals surface area contributed by atoms with E-state index in [1.54, 1.807) is 0 Å². The average molecular weight is 282 g/mol. The van der Waals surface area contributed by atoms with Crippen LogP contribution in [0.15, 0.2) is 0 Å². The minimum Gasteiger partial charge on any atom is -0.458 e. The Morgan fingerprint density at radius 1 is 1.05 bits per heavy atom. The zero-order valence-corrected chi connectivity index (χ0v) is 12.3. The maximum absolute atomic E-state index is 11.6. The monoisotopic (exact) mass is 282 g/mol. The highest BCUT2D eigenvalue weighted by molar-refractivity contribution is 5.67. The van der Waals surface area contributed by atoms with Crippen LogP contribution in [0.4, 0.5) is 0 Å². The summed E-state index contributed by atoms with van der Waals surface area (Å²) in [6.45, 7) is 1.46. The molecule has 0 radical (unpaired) electrons. The highest BCUT2D eigenvalue weighted by Gasteiger charge is 2.74. The van der Waals surface area contributed by atoms with Crippen LogP contribution in [0.1, 0.15) is 64.7 Å². The molecular formula is C16H26O4. The van der Waals surface area contributed by atoms with E-state index < -0.39 is 17.3 Å². The summed E-state index contributed by atoms with van der Waals surface area (Å²) in [4.78, 5) is 11.6. The number of hydrogen-bond donors (Lipinski definition) is 2. The second-order valence-electron chi connectivity index (χ2n) is 6.94. The molecule has 0 aliphatic heterocycles. The highest BCUT2D eigenvalue weighted by Crippen LogP contribution is 2.64. The minimum atomic E-state index is -1.03. The molecule has 0 amide bonds. The van der Waals surface area contributed by atoms with Crippen molar-refractivity contribution in [2.45, 2.75) is 82.0 Å². The second kappa shape index (κ2) is 4.99. The van der Waals surface area contributed by atoms with Crippen LogP contribution in [0.5, 0.6) is 0 Å². The fraction of sp³-hybridized carbons (Fsp3) is 0.938. The van der Waals surface area contributed by atoms with Crippen LogP contribution in [0.3, 0.4) is 0 Å². The Hall–Kier alpha value is -0.610. The SMILES string of the molecule is CC(=O)O[C@@]12CCCCC[C@@H]1[C@]1(O)[C@@H]2CCCC[C@@H]1O. The molecule has 0 bridgehead atoms. The molecule has 0 spiro atoms. The molecule has 3 fully saturated rings. The van der Waals surface area contributed by atoms with Crippen LogP contribution in [0.25, 0.3) is 0 Å². The molecule has 3 rings (SSSR count). The number of rotatable bonds is 1. The molecule has 3 aliphatic rings. The van der Waals surface area contributed by atoms with Crippen LogP contribution < -0.4 is 0 Å². The van der Waals surface area contributed by atoms with Gasteiger partial charge in [-0.15, -0.1) is 0 Å². The molecule has 0 aromatic rings. The summed E-state index contributed by atoms with van der Waals surface area (Å²) in [6, 6.07) is 0. The van der Waals surface area contributed by atoms with Crippen molar-refractivity contribution in [3.8, 4) is 0 Å². The Balaban J connectivity index is 1.97. The van der Waals surface area contributed by atoms with Crippen molar-refractivity contribution in [3.05, 3.63) is 0 Å². The first-order chi connectivity index (χ1) is 9.52. The highest BCUT2D eigenvalue weighted by atomic mass is 16.6.